The lowest BCUT2D eigenvalue weighted by Crippen LogP contribution is -2.27. The maximum Gasteiger partial charge on any atom is 0.255 e. The minimum absolute atomic E-state index is 0.108. The van der Waals surface area contributed by atoms with Gasteiger partial charge in [-0.3, -0.25) is 9.59 Å². The van der Waals surface area contributed by atoms with Crippen LogP contribution < -0.4 is 11.1 Å². The largest absolute Gasteiger partial charge is 0.373 e. The fourth-order valence-electron chi connectivity index (χ4n) is 4.15. The monoisotopic (exact) mass is 483 g/mol. The predicted molar refractivity (Wildman–Crippen MR) is 127 cm³/mol. The molecule has 0 unspecified atom stereocenters. The van der Waals surface area contributed by atoms with Gasteiger partial charge in [0.15, 0.2) is 11.5 Å². The lowest BCUT2D eigenvalue weighted by Gasteiger charge is -2.16. The van der Waals surface area contributed by atoms with Gasteiger partial charge in [-0.1, -0.05) is 24.1 Å². The highest BCUT2D eigenvalue weighted by atomic mass is 35.5. The Hall–Kier alpha value is -3.84. The summed E-state index contributed by atoms with van der Waals surface area (Å²) < 4.78 is 18.2. The van der Waals surface area contributed by atoms with E-state index in [1.54, 1.807) is 27.3 Å². The van der Waals surface area contributed by atoms with Crippen molar-refractivity contribution in [1.82, 2.24) is 24.2 Å². The van der Waals surface area contributed by atoms with Crippen LogP contribution in [0.4, 0.5) is 10.2 Å². The smallest absolute Gasteiger partial charge is 0.255 e. The average molecular weight is 484 g/mol. The fourth-order valence-corrected chi connectivity index (χ4v) is 4.34. The van der Waals surface area contributed by atoms with Crippen molar-refractivity contribution in [2.75, 3.05) is 25.5 Å². The van der Waals surface area contributed by atoms with Crippen molar-refractivity contribution in [3.63, 3.8) is 0 Å². The van der Waals surface area contributed by atoms with Crippen molar-refractivity contribution < 1.29 is 14.0 Å². The molecule has 176 valence electrons. The normalized spacial score (nSPS) is 15.3. The van der Waals surface area contributed by atoms with E-state index in [9.17, 15) is 14.0 Å². The summed E-state index contributed by atoms with van der Waals surface area (Å²) in [6, 6.07) is 1.41. The van der Waals surface area contributed by atoms with E-state index in [0.717, 1.165) is 0 Å². The van der Waals surface area contributed by atoms with Gasteiger partial charge in [-0.15, -0.1) is 0 Å². The number of benzene rings is 1. The average Bonchev–Trinajstić information content (AvgIpc) is 3.55. The van der Waals surface area contributed by atoms with Gasteiger partial charge in [0.25, 0.3) is 5.91 Å². The van der Waals surface area contributed by atoms with Gasteiger partial charge in [0.2, 0.25) is 5.91 Å². The summed E-state index contributed by atoms with van der Waals surface area (Å²) in [5.41, 5.74) is 6.81. The van der Waals surface area contributed by atoms with Crippen LogP contribution in [0.2, 0.25) is 5.02 Å². The summed E-state index contributed by atoms with van der Waals surface area (Å²) in [4.78, 5) is 30.1. The highest BCUT2D eigenvalue weighted by molar-refractivity contribution is 6.32. The van der Waals surface area contributed by atoms with Crippen LogP contribution in [0.3, 0.4) is 0 Å². The second kappa shape index (κ2) is 9.19. The zero-order valence-corrected chi connectivity index (χ0v) is 19.5. The number of carbonyl (C=O) groups is 2. The number of likely N-dealkylation sites (tertiary alicyclic amines) is 1. The standard InChI is InChI=1S/C23H23ClFN7O2/c1-4-17(33)31-9-8-14(11-31)32-23(27-3)18(22(26)34)15(29-32)7-6-13-10-16-21(20(25)19(13)24)30(5-2)12-28-16/h4,10,12,14,27H,1,5,8-9,11H2,2-3H3,(H2,26,34)/t14-/m0/s1. The molecule has 3 N–H and O–H groups in total. The molecule has 9 nitrogen and oxygen atoms in total. The van der Waals surface area contributed by atoms with Crippen LogP contribution in [-0.2, 0) is 11.3 Å². The summed E-state index contributed by atoms with van der Waals surface area (Å²) in [7, 11) is 1.64. The van der Waals surface area contributed by atoms with E-state index >= 15 is 0 Å². The zero-order chi connectivity index (χ0) is 24.6. The van der Waals surface area contributed by atoms with Crippen LogP contribution in [-0.4, -0.2) is 56.2 Å². The van der Waals surface area contributed by atoms with Gasteiger partial charge >= 0.3 is 0 Å². The SMILES string of the molecule is C=CC(=O)N1CC[C@H](n2nc(C#Cc3cc4ncn(CC)c4c(F)c3Cl)c(C(N)=O)c2NC)C1. The quantitative estimate of drug-likeness (QED) is 0.428. The van der Waals surface area contributed by atoms with Crippen molar-refractivity contribution in [3.05, 3.63) is 52.7 Å². The number of aromatic nitrogens is 4. The molecule has 3 heterocycles. The molecule has 0 radical (unpaired) electrons. The van der Waals surface area contributed by atoms with E-state index in [-0.39, 0.29) is 33.8 Å². The number of nitrogens with zero attached hydrogens (tertiary/aromatic N) is 5. The van der Waals surface area contributed by atoms with Gasteiger partial charge in [-0.2, -0.15) is 5.10 Å². The lowest BCUT2D eigenvalue weighted by molar-refractivity contribution is -0.125. The number of nitrogens with one attached hydrogen (secondary N) is 1. The van der Waals surface area contributed by atoms with Gasteiger partial charge < -0.3 is 20.5 Å². The number of carbonyl (C=O) groups excluding carboxylic acids is 2. The number of primary amides is 1. The summed E-state index contributed by atoms with van der Waals surface area (Å²) in [5.74, 6) is 4.53. The third-order valence-electron chi connectivity index (χ3n) is 5.83. The molecule has 3 aromatic rings. The van der Waals surface area contributed by atoms with Crippen molar-refractivity contribution in [2.24, 2.45) is 5.73 Å². The van der Waals surface area contributed by atoms with Gasteiger partial charge in [0.05, 0.1) is 22.9 Å². The number of halogens is 2. The molecule has 2 amide bonds. The maximum atomic E-state index is 14.9. The summed E-state index contributed by atoms with van der Waals surface area (Å²) in [6.07, 6.45) is 3.43. The number of nitrogens with two attached hydrogens (primary N) is 1. The molecule has 1 fully saturated rings. The van der Waals surface area contributed by atoms with Crippen LogP contribution in [0.5, 0.6) is 0 Å². The number of hydrogen-bond acceptors (Lipinski definition) is 5. The minimum Gasteiger partial charge on any atom is -0.373 e. The van der Waals surface area contributed by atoms with Crippen LogP contribution in [0.15, 0.2) is 25.0 Å². The Morgan fingerprint density at radius 2 is 2.21 bits per heavy atom. The van der Waals surface area contributed by atoms with Gasteiger partial charge in [0.1, 0.15) is 16.9 Å². The fraction of sp³-hybridized carbons (Fsp3) is 0.304. The summed E-state index contributed by atoms with van der Waals surface area (Å²) in [6.45, 7) is 6.87. The second-order valence-corrected chi connectivity index (χ2v) is 8.14. The lowest BCUT2D eigenvalue weighted by atomic mass is 10.1. The minimum atomic E-state index is -0.716. The van der Waals surface area contributed by atoms with E-state index in [4.69, 9.17) is 17.3 Å². The maximum absolute atomic E-state index is 14.9. The zero-order valence-electron chi connectivity index (χ0n) is 18.7. The van der Waals surface area contributed by atoms with Crippen molar-refractivity contribution >= 4 is 40.3 Å². The number of anilines is 1. The number of imidazole rings is 1. The molecule has 2 aromatic heterocycles. The molecule has 1 saturated heterocycles. The third kappa shape index (κ3) is 3.88. The van der Waals surface area contributed by atoms with E-state index in [1.807, 2.05) is 6.92 Å². The molecule has 1 aliphatic heterocycles. The Bertz CT molecular complexity index is 1380. The second-order valence-electron chi connectivity index (χ2n) is 7.76. The Morgan fingerprint density at radius 3 is 2.85 bits per heavy atom. The number of rotatable bonds is 5. The summed E-state index contributed by atoms with van der Waals surface area (Å²) in [5, 5.41) is 7.33. The first-order valence-electron chi connectivity index (χ1n) is 10.7. The molecule has 1 aliphatic rings. The third-order valence-corrected chi connectivity index (χ3v) is 6.20. The van der Waals surface area contributed by atoms with Crippen LogP contribution >= 0.6 is 11.6 Å². The molecule has 34 heavy (non-hydrogen) atoms. The molecule has 0 saturated carbocycles. The van der Waals surface area contributed by atoms with E-state index < -0.39 is 11.7 Å². The van der Waals surface area contributed by atoms with Crippen molar-refractivity contribution in [2.45, 2.75) is 25.9 Å². The molecule has 1 aromatic carbocycles. The Morgan fingerprint density at radius 1 is 1.44 bits per heavy atom. The first kappa shape index (κ1) is 23.3. The van der Waals surface area contributed by atoms with Crippen LogP contribution in [0, 0.1) is 17.7 Å². The van der Waals surface area contributed by atoms with E-state index in [0.29, 0.717) is 42.9 Å². The number of hydrogen-bond donors (Lipinski definition) is 2. The Labute approximate surface area is 200 Å². The van der Waals surface area contributed by atoms with Crippen LogP contribution in [0.1, 0.15) is 41.0 Å². The predicted octanol–water partition coefficient (Wildman–Crippen LogP) is 2.55. The molecular formula is C23H23ClFN7O2. The molecule has 4 rings (SSSR count). The Balaban J connectivity index is 1.77. The number of fused-ring (bicyclic) bond motifs is 1. The molecule has 0 spiro atoms. The topological polar surface area (TPSA) is 111 Å². The van der Waals surface area contributed by atoms with Gasteiger partial charge in [-0.05, 0) is 31.4 Å². The molecular weight excluding hydrogens is 461 g/mol. The highest BCUT2D eigenvalue weighted by Crippen LogP contribution is 2.30. The van der Waals surface area contributed by atoms with Crippen molar-refractivity contribution in [3.8, 4) is 11.8 Å². The number of aryl methyl sites for hydroxylation is 1. The highest BCUT2D eigenvalue weighted by Gasteiger charge is 2.31. The first-order chi connectivity index (χ1) is 16.3. The Kier molecular flexibility index (Phi) is 6.30. The molecule has 11 heteroatoms. The summed E-state index contributed by atoms with van der Waals surface area (Å²) >= 11 is 6.26. The first-order valence-corrected chi connectivity index (χ1v) is 11.0. The van der Waals surface area contributed by atoms with Crippen molar-refractivity contribution in [1.29, 1.82) is 0 Å². The molecule has 0 bridgehead atoms. The van der Waals surface area contributed by atoms with Gasteiger partial charge in [-0.25, -0.2) is 14.1 Å². The number of amides is 2. The van der Waals surface area contributed by atoms with E-state index in [1.165, 1.54) is 12.4 Å². The van der Waals surface area contributed by atoms with Gasteiger partial charge in [0, 0.05) is 32.2 Å². The van der Waals surface area contributed by atoms with Crippen LogP contribution in [0.25, 0.3) is 11.0 Å². The molecule has 0 aliphatic carbocycles. The molecule has 1 atom stereocenters. The van der Waals surface area contributed by atoms with E-state index in [2.05, 4.69) is 33.8 Å².